The van der Waals surface area contributed by atoms with Crippen LogP contribution in [-0.4, -0.2) is 81.6 Å². The summed E-state index contributed by atoms with van der Waals surface area (Å²) in [6, 6.07) is 4.18. The summed E-state index contributed by atoms with van der Waals surface area (Å²) in [6.07, 6.45) is -6.32. The number of alkyl halides is 3. The van der Waals surface area contributed by atoms with Gasteiger partial charge < -0.3 is 20.2 Å². The SMILES string of the molecule is C[C@@H]1[C@@H](O)[C@H](O)[C@@H](O)CN1CC1CCN(C(=O)c2cccc(C(F)(F)F)c2)CC1. The summed E-state index contributed by atoms with van der Waals surface area (Å²) in [4.78, 5) is 16.1. The van der Waals surface area contributed by atoms with Crippen LogP contribution in [-0.2, 0) is 6.18 Å². The third-order valence-electron chi connectivity index (χ3n) is 6.07. The predicted molar refractivity (Wildman–Crippen MR) is 99.1 cm³/mol. The van der Waals surface area contributed by atoms with Gasteiger partial charge in [0.25, 0.3) is 5.91 Å². The number of carbonyl (C=O) groups is 1. The summed E-state index contributed by atoms with van der Waals surface area (Å²) in [5.41, 5.74) is -0.806. The van der Waals surface area contributed by atoms with E-state index in [-0.39, 0.29) is 24.1 Å². The van der Waals surface area contributed by atoms with E-state index in [0.29, 0.717) is 32.5 Å². The van der Waals surface area contributed by atoms with Crippen molar-refractivity contribution in [2.24, 2.45) is 5.92 Å². The molecule has 9 heteroatoms. The standard InChI is InChI=1S/C20H27F3N2O4/c1-12-17(27)18(28)16(26)11-25(12)10-13-5-7-24(8-6-13)19(29)14-3-2-4-15(9-14)20(21,22)23/h2-4,9,12-13,16-18,26-28H,5-8,10-11H2,1H3/t12-,16+,17-,18-/m1/s1. The van der Waals surface area contributed by atoms with Crippen molar-refractivity contribution in [1.82, 2.24) is 9.80 Å². The van der Waals surface area contributed by atoms with Gasteiger partial charge in [-0.25, -0.2) is 0 Å². The van der Waals surface area contributed by atoms with E-state index in [1.54, 1.807) is 11.8 Å². The predicted octanol–water partition coefficient (Wildman–Crippen LogP) is 1.34. The molecule has 0 bridgehead atoms. The lowest BCUT2D eigenvalue weighted by atomic mass is 9.90. The zero-order chi connectivity index (χ0) is 21.3. The van der Waals surface area contributed by atoms with Gasteiger partial charge in [-0.05, 0) is 43.9 Å². The molecule has 1 aromatic rings. The van der Waals surface area contributed by atoms with E-state index < -0.39 is 36.0 Å². The van der Waals surface area contributed by atoms with Gasteiger partial charge in [0.2, 0.25) is 0 Å². The van der Waals surface area contributed by atoms with Crippen molar-refractivity contribution in [3.8, 4) is 0 Å². The molecule has 6 nitrogen and oxygen atoms in total. The Kier molecular flexibility index (Phi) is 6.52. The number of halogens is 3. The molecule has 0 aromatic heterocycles. The molecule has 4 atom stereocenters. The summed E-state index contributed by atoms with van der Waals surface area (Å²) < 4.78 is 38.6. The van der Waals surface area contributed by atoms with E-state index >= 15 is 0 Å². The van der Waals surface area contributed by atoms with Crippen LogP contribution in [0.2, 0.25) is 0 Å². The number of nitrogens with zero attached hydrogens (tertiary/aromatic N) is 2. The summed E-state index contributed by atoms with van der Waals surface area (Å²) in [5.74, 6) is -0.174. The fraction of sp³-hybridized carbons (Fsp3) is 0.650. The third kappa shape index (κ3) is 4.91. The topological polar surface area (TPSA) is 84.2 Å². The van der Waals surface area contributed by atoms with E-state index in [0.717, 1.165) is 12.1 Å². The lowest BCUT2D eigenvalue weighted by molar-refractivity contribution is -0.137. The molecule has 0 unspecified atom stereocenters. The first-order valence-electron chi connectivity index (χ1n) is 9.82. The number of likely N-dealkylation sites (tertiary alicyclic amines) is 2. The average Bonchev–Trinajstić information content (AvgIpc) is 2.70. The van der Waals surface area contributed by atoms with Crippen molar-refractivity contribution in [3.05, 3.63) is 35.4 Å². The van der Waals surface area contributed by atoms with Crippen LogP contribution < -0.4 is 0 Å². The zero-order valence-corrected chi connectivity index (χ0v) is 16.2. The van der Waals surface area contributed by atoms with Crippen molar-refractivity contribution in [1.29, 1.82) is 0 Å². The Morgan fingerprint density at radius 1 is 1.14 bits per heavy atom. The van der Waals surface area contributed by atoms with E-state index in [4.69, 9.17) is 0 Å². The van der Waals surface area contributed by atoms with Crippen molar-refractivity contribution in [3.63, 3.8) is 0 Å². The molecule has 0 saturated carbocycles. The number of hydrogen-bond acceptors (Lipinski definition) is 5. The van der Waals surface area contributed by atoms with Gasteiger partial charge in [0.15, 0.2) is 0 Å². The van der Waals surface area contributed by atoms with Crippen LogP contribution in [0.3, 0.4) is 0 Å². The summed E-state index contributed by atoms with van der Waals surface area (Å²) >= 11 is 0. The largest absolute Gasteiger partial charge is 0.416 e. The van der Waals surface area contributed by atoms with E-state index in [1.165, 1.54) is 12.1 Å². The molecule has 0 radical (unpaired) electrons. The van der Waals surface area contributed by atoms with E-state index in [2.05, 4.69) is 0 Å². The van der Waals surface area contributed by atoms with Crippen LogP contribution in [0.1, 0.15) is 35.7 Å². The molecule has 2 saturated heterocycles. The molecule has 2 aliphatic rings. The van der Waals surface area contributed by atoms with E-state index in [9.17, 15) is 33.3 Å². The number of rotatable bonds is 3. The minimum absolute atomic E-state index is 0.0307. The van der Waals surface area contributed by atoms with Crippen LogP contribution in [0.15, 0.2) is 24.3 Å². The Balaban J connectivity index is 1.56. The molecule has 162 valence electrons. The third-order valence-corrected chi connectivity index (χ3v) is 6.07. The molecule has 1 aromatic carbocycles. The summed E-state index contributed by atoms with van der Waals surface area (Å²) in [5, 5.41) is 29.7. The van der Waals surface area contributed by atoms with Crippen molar-refractivity contribution in [2.75, 3.05) is 26.2 Å². The first-order chi connectivity index (χ1) is 13.6. The number of hydrogen-bond donors (Lipinski definition) is 3. The Morgan fingerprint density at radius 2 is 1.79 bits per heavy atom. The molecule has 2 aliphatic heterocycles. The first kappa shape index (κ1) is 22.0. The number of β-amino-alcohol motifs (C(OH)–C–C–N with tert-alkyl or cyclic N) is 1. The Labute approximate surface area is 167 Å². The van der Waals surface area contributed by atoms with Crippen LogP contribution >= 0.6 is 0 Å². The molecule has 29 heavy (non-hydrogen) atoms. The fourth-order valence-corrected chi connectivity index (χ4v) is 4.15. The van der Waals surface area contributed by atoms with Gasteiger partial charge in [-0.15, -0.1) is 0 Å². The molecule has 0 spiro atoms. The maximum Gasteiger partial charge on any atom is 0.416 e. The Hall–Kier alpha value is -1.68. The maximum atomic E-state index is 12.9. The van der Waals surface area contributed by atoms with Crippen molar-refractivity contribution in [2.45, 2.75) is 50.3 Å². The molecular weight excluding hydrogens is 389 g/mol. The van der Waals surface area contributed by atoms with Gasteiger partial charge in [0, 0.05) is 37.8 Å². The highest BCUT2D eigenvalue weighted by Crippen LogP contribution is 2.30. The number of benzene rings is 1. The van der Waals surface area contributed by atoms with Crippen LogP contribution in [0, 0.1) is 5.92 Å². The number of amides is 1. The Morgan fingerprint density at radius 3 is 2.41 bits per heavy atom. The maximum absolute atomic E-state index is 12.9. The quantitative estimate of drug-likeness (QED) is 0.693. The average molecular weight is 416 g/mol. The Bertz CT molecular complexity index is 722. The van der Waals surface area contributed by atoms with Crippen molar-refractivity contribution >= 4 is 5.91 Å². The molecule has 2 fully saturated rings. The summed E-state index contributed by atoms with van der Waals surface area (Å²) in [6.45, 7) is 3.56. The molecule has 3 rings (SSSR count). The number of aliphatic hydroxyl groups is 3. The second-order valence-electron chi connectivity index (χ2n) is 8.06. The molecular formula is C20H27F3N2O4. The highest BCUT2D eigenvalue weighted by molar-refractivity contribution is 5.94. The van der Waals surface area contributed by atoms with Gasteiger partial charge in [0.1, 0.15) is 6.10 Å². The van der Waals surface area contributed by atoms with Gasteiger partial charge >= 0.3 is 6.18 Å². The minimum atomic E-state index is -4.49. The lowest BCUT2D eigenvalue weighted by Crippen LogP contribution is -2.61. The van der Waals surface area contributed by atoms with Gasteiger partial charge in [-0.2, -0.15) is 13.2 Å². The molecule has 2 heterocycles. The van der Waals surface area contributed by atoms with Crippen molar-refractivity contribution < 1.29 is 33.3 Å². The van der Waals surface area contributed by atoms with Crippen LogP contribution in [0.5, 0.6) is 0 Å². The number of carbonyl (C=O) groups excluding carboxylic acids is 1. The molecule has 0 aliphatic carbocycles. The molecule has 1 amide bonds. The first-order valence-corrected chi connectivity index (χ1v) is 9.82. The summed E-state index contributed by atoms with van der Waals surface area (Å²) in [7, 11) is 0. The minimum Gasteiger partial charge on any atom is -0.389 e. The molecule has 3 N–H and O–H groups in total. The number of aliphatic hydroxyl groups excluding tert-OH is 3. The highest BCUT2D eigenvalue weighted by Gasteiger charge is 2.40. The smallest absolute Gasteiger partial charge is 0.389 e. The van der Waals surface area contributed by atoms with Crippen LogP contribution in [0.4, 0.5) is 13.2 Å². The lowest BCUT2D eigenvalue weighted by Gasteiger charge is -2.44. The highest BCUT2D eigenvalue weighted by atomic mass is 19.4. The van der Waals surface area contributed by atoms with Gasteiger partial charge in [-0.1, -0.05) is 6.07 Å². The monoisotopic (exact) mass is 416 g/mol. The zero-order valence-electron chi connectivity index (χ0n) is 16.2. The second-order valence-corrected chi connectivity index (χ2v) is 8.06. The normalized spacial score (nSPS) is 29.8. The fourth-order valence-electron chi connectivity index (χ4n) is 4.15. The van der Waals surface area contributed by atoms with Gasteiger partial charge in [-0.3, -0.25) is 9.69 Å². The number of piperidine rings is 2. The van der Waals surface area contributed by atoms with E-state index in [1.807, 2.05) is 4.90 Å². The van der Waals surface area contributed by atoms with Gasteiger partial charge in [0.05, 0.1) is 17.8 Å². The van der Waals surface area contributed by atoms with Crippen LogP contribution in [0.25, 0.3) is 0 Å². The second kappa shape index (κ2) is 8.59.